The van der Waals surface area contributed by atoms with E-state index in [2.05, 4.69) is 45.5 Å². The summed E-state index contributed by atoms with van der Waals surface area (Å²) >= 11 is 0. The van der Waals surface area contributed by atoms with E-state index in [1.807, 2.05) is 109 Å². The highest BCUT2D eigenvalue weighted by Crippen LogP contribution is 2.37. The van der Waals surface area contributed by atoms with Gasteiger partial charge in [-0.2, -0.15) is 0 Å². The summed E-state index contributed by atoms with van der Waals surface area (Å²) in [6, 6.07) is 48.5. The molecule has 47 heavy (non-hydrogen) atoms. The number of rotatable bonds is 3. The Kier molecular flexibility index (Phi) is 5.30. The van der Waals surface area contributed by atoms with Crippen LogP contribution in [0.5, 0.6) is 0 Å². The van der Waals surface area contributed by atoms with Gasteiger partial charge in [-0.1, -0.05) is 97.1 Å². The number of hydrogen-bond acceptors (Lipinski definition) is 4. The minimum absolute atomic E-state index is 0.111. The highest BCUT2D eigenvalue weighted by atomic mass is 16.1. The van der Waals surface area contributed by atoms with Gasteiger partial charge in [0, 0.05) is 27.4 Å². The Balaban J connectivity index is 1.40. The molecule has 0 radical (unpaired) electrons. The Morgan fingerprint density at radius 3 is 1.89 bits per heavy atom. The molecular weight excluding hydrogens is 580 g/mol. The predicted octanol–water partition coefficient (Wildman–Crippen LogP) is 8.50. The van der Waals surface area contributed by atoms with E-state index in [1.165, 1.54) is 0 Å². The molecule has 0 atom stereocenters. The van der Waals surface area contributed by atoms with Gasteiger partial charge in [-0.25, -0.2) is 19.4 Å². The summed E-state index contributed by atoms with van der Waals surface area (Å²) in [5.74, 6) is 1.09. The fraction of sp³-hybridized carbons (Fsp3) is 0. The molecule has 220 valence electrons. The van der Waals surface area contributed by atoms with E-state index in [-0.39, 0.29) is 5.56 Å². The zero-order valence-corrected chi connectivity index (χ0v) is 24.9. The lowest BCUT2D eigenvalue weighted by Gasteiger charge is -2.12. The smallest absolute Gasteiger partial charge is 0.267 e. The molecule has 10 aromatic rings. The fourth-order valence-electron chi connectivity index (χ4n) is 7.03. The van der Waals surface area contributed by atoms with Crippen LogP contribution in [0, 0.1) is 0 Å². The van der Waals surface area contributed by atoms with Gasteiger partial charge in [-0.05, 0) is 48.5 Å². The monoisotopic (exact) mass is 604 g/mol. The molecule has 7 nitrogen and oxygen atoms in total. The van der Waals surface area contributed by atoms with Gasteiger partial charge < -0.3 is 0 Å². The van der Waals surface area contributed by atoms with E-state index in [0.717, 1.165) is 60.7 Å². The third kappa shape index (κ3) is 3.62. The Hall–Kier alpha value is -6.60. The predicted molar refractivity (Wildman–Crippen MR) is 189 cm³/mol. The molecule has 0 fully saturated rings. The molecule has 0 bridgehead atoms. The molecule has 10 rings (SSSR count). The number of imidazole rings is 1. The number of aromatic nitrogens is 6. The van der Waals surface area contributed by atoms with Crippen LogP contribution >= 0.6 is 0 Å². The molecule has 0 spiro atoms. The van der Waals surface area contributed by atoms with Crippen molar-refractivity contribution in [1.82, 2.24) is 28.5 Å². The summed E-state index contributed by atoms with van der Waals surface area (Å²) in [5.41, 5.74) is 7.57. The highest BCUT2D eigenvalue weighted by molar-refractivity contribution is 6.17. The molecule has 0 aliphatic carbocycles. The third-order valence-corrected chi connectivity index (χ3v) is 9.07. The SMILES string of the molecule is O=c1c2ccccc2n(-c2ccccc2)c2nc3c4c(ccc3n12)c1ccccc1n4-c1nc(-c2ccccc2)c2ccccc2n1. The van der Waals surface area contributed by atoms with Gasteiger partial charge in [0.05, 0.1) is 38.7 Å². The van der Waals surface area contributed by atoms with Crippen molar-refractivity contribution in [2.45, 2.75) is 0 Å². The summed E-state index contributed by atoms with van der Waals surface area (Å²) < 4.78 is 5.91. The maximum atomic E-state index is 14.2. The molecule has 0 unspecified atom stereocenters. The average molecular weight is 605 g/mol. The molecule has 4 aromatic heterocycles. The standard InChI is InChI=1S/C40H24N6O/c47-38-30-19-9-12-22-33(30)44(26-15-5-2-6-16-26)40-43-36-34(46(38)40)24-23-28-27-17-8-11-21-32(27)45(37(28)36)39-41-31-20-10-7-18-29(31)35(42-39)25-13-3-1-4-14-25/h1-24H. The van der Waals surface area contributed by atoms with E-state index in [1.54, 1.807) is 4.40 Å². The van der Waals surface area contributed by atoms with Crippen LogP contribution in [0.2, 0.25) is 0 Å². The van der Waals surface area contributed by atoms with Gasteiger partial charge in [0.2, 0.25) is 11.7 Å². The van der Waals surface area contributed by atoms with E-state index in [0.29, 0.717) is 22.6 Å². The van der Waals surface area contributed by atoms with Gasteiger partial charge >= 0.3 is 0 Å². The maximum absolute atomic E-state index is 14.2. The molecule has 0 amide bonds. The summed E-state index contributed by atoms with van der Waals surface area (Å²) in [4.78, 5) is 29.9. The van der Waals surface area contributed by atoms with Crippen molar-refractivity contribution in [3.63, 3.8) is 0 Å². The van der Waals surface area contributed by atoms with Crippen molar-refractivity contribution in [2.75, 3.05) is 0 Å². The maximum Gasteiger partial charge on any atom is 0.267 e. The average Bonchev–Trinajstić information content (AvgIpc) is 3.69. The van der Waals surface area contributed by atoms with Gasteiger partial charge in [0.15, 0.2) is 0 Å². The van der Waals surface area contributed by atoms with Gasteiger partial charge in [-0.3, -0.25) is 13.9 Å². The molecule has 0 saturated heterocycles. The van der Waals surface area contributed by atoms with Crippen molar-refractivity contribution >= 4 is 60.4 Å². The molecule has 7 heteroatoms. The van der Waals surface area contributed by atoms with Crippen molar-refractivity contribution in [3.8, 4) is 22.9 Å². The van der Waals surface area contributed by atoms with E-state index in [9.17, 15) is 4.79 Å². The summed E-state index contributed by atoms with van der Waals surface area (Å²) in [6.07, 6.45) is 0. The fourth-order valence-corrected chi connectivity index (χ4v) is 7.03. The second kappa shape index (κ2) is 9.70. The minimum atomic E-state index is -0.111. The number of nitrogens with zero attached hydrogens (tertiary/aromatic N) is 6. The Morgan fingerprint density at radius 2 is 1.11 bits per heavy atom. The van der Waals surface area contributed by atoms with Crippen LogP contribution in [0.3, 0.4) is 0 Å². The van der Waals surface area contributed by atoms with Crippen LogP contribution in [0.4, 0.5) is 0 Å². The highest BCUT2D eigenvalue weighted by Gasteiger charge is 2.23. The lowest BCUT2D eigenvalue weighted by Crippen LogP contribution is -2.18. The summed E-state index contributed by atoms with van der Waals surface area (Å²) in [6.45, 7) is 0. The van der Waals surface area contributed by atoms with E-state index < -0.39 is 0 Å². The van der Waals surface area contributed by atoms with Gasteiger partial charge in [-0.15, -0.1) is 0 Å². The molecule has 4 heterocycles. The topological polar surface area (TPSA) is 70.0 Å². The van der Waals surface area contributed by atoms with Crippen molar-refractivity contribution in [1.29, 1.82) is 0 Å². The Bertz CT molecular complexity index is 2920. The first-order valence-electron chi connectivity index (χ1n) is 15.5. The van der Waals surface area contributed by atoms with E-state index in [4.69, 9.17) is 15.0 Å². The van der Waals surface area contributed by atoms with Gasteiger partial charge in [0.1, 0.15) is 5.52 Å². The van der Waals surface area contributed by atoms with Crippen molar-refractivity contribution < 1.29 is 0 Å². The third-order valence-electron chi connectivity index (χ3n) is 9.07. The lowest BCUT2D eigenvalue weighted by molar-refractivity contribution is 1.01. The Morgan fingerprint density at radius 1 is 0.468 bits per heavy atom. The van der Waals surface area contributed by atoms with Crippen LogP contribution in [0.1, 0.15) is 0 Å². The molecule has 0 N–H and O–H groups in total. The van der Waals surface area contributed by atoms with Crippen LogP contribution in [-0.2, 0) is 0 Å². The van der Waals surface area contributed by atoms with Crippen LogP contribution in [0.25, 0.3) is 83.3 Å². The zero-order chi connectivity index (χ0) is 31.1. The van der Waals surface area contributed by atoms with Crippen LogP contribution < -0.4 is 5.56 Å². The second-order valence-electron chi connectivity index (χ2n) is 11.7. The number of benzene rings is 6. The normalized spacial score (nSPS) is 11.9. The number of hydrogen-bond donors (Lipinski definition) is 0. The largest absolute Gasteiger partial charge is 0.279 e. The van der Waals surface area contributed by atoms with E-state index >= 15 is 0 Å². The number of para-hydroxylation sites is 4. The zero-order valence-electron chi connectivity index (χ0n) is 24.9. The van der Waals surface area contributed by atoms with Crippen molar-refractivity contribution in [3.05, 3.63) is 156 Å². The summed E-state index contributed by atoms with van der Waals surface area (Å²) in [5, 5.41) is 3.67. The number of fused-ring (bicyclic) bond motifs is 9. The first kappa shape index (κ1) is 25.7. The quantitative estimate of drug-likeness (QED) is 0.203. The van der Waals surface area contributed by atoms with Crippen LogP contribution in [-0.4, -0.2) is 28.5 Å². The first-order chi connectivity index (χ1) is 23.3. The van der Waals surface area contributed by atoms with Crippen molar-refractivity contribution in [2.24, 2.45) is 0 Å². The molecular formula is C40H24N6O. The molecule has 0 aliphatic heterocycles. The van der Waals surface area contributed by atoms with Crippen LogP contribution in [0.15, 0.2) is 150 Å². The first-order valence-corrected chi connectivity index (χ1v) is 15.5. The lowest BCUT2D eigenvalue weighted by atomic mass is 10.1. The molecule has 0 aliphatic rings. The van der Waals surface area contributed by atoms with Gasteiger partial charge in [0.25, 0.3) is 5.56 Å². The Labute approximate surface area is 267 Å². The molecule has 6 aromatic carbocycles. The minimum Gasteiger partial charge on any atom is -0.279 e. The molecule has 0 saturated carbocycles. The summed E-state index contributed by atoms with van der Waals surface area (Å²) in [7, 11) is 0. The second-order valence-corrected chi connectivity index (χ2v) is 11.7.